The van der Waals surface area contributed by atoms with Gasteiger partial charge in [-0.2, -0.15) is 0 Å². The second-order valence-corrected chi connectivity index (χ2v) is 5.28. The standard InChI is InChI=1S/C16H16Cl2O2/c1-2-20-13-6-4-12(5-7-13)16(19)10-11-3-8-14(17)15(18)9-11/h3-9,16,19H,2,10H2,1H3. The third-order valence-electron chi connectivity index (χ3n) is 2.99. The van der Waals surface area contributed by atoms with E-state index in [-0.39, 0.29) is 0 Å². The molecule has 1 atom stereocenters. The van der Waals surface area contributed by atoms with E-state index in [2.05, 4.69) is 0 Å². The molecular formula is C16H16Cl2O2. The maximum atomic E-state index is 10.2. The molecule has 0 heterocycles. The van der Waals surface area contributed by atoms with E-state index in [9.17, 15) is 5.11 Å². The van der Waals surface area contributed by atoms with Crippen LogP contribution in [-0.4, -0.2) is 11.7 Å². The fourth-order valence-electron chi connectivity index (χ4n) is 1.96. The van der Waals surface area contributed by atoms with Crippen LogP contribution in [0.1, 0.15) is 24.2 Å². The van der Waals surface area contributed by atoms with Crippen LogP contribution in [0.15, 0.2) is 42.5 Å². The highest BCUT2D eigenvalue weighted by atomic mass is 35.5. The number of hydrogen-bond acceptors (Lipinski definition) is 2. The van der Waals surface area contributed by atoms with Gasteiger partial charge in [-0.1, -0.05) is 41.4 Å². The van der Waals surface area contributed by atoms with Gasteiger partial charge in [-0.05, 0) is 42.3 Å². The third kappa shape index (κ3) is 3.89. The van der Waals surface area contributed by atoms with Crippen LogP contribution in [0, 0.1) is 0 Å². The molecule has 0 saturated heterocycles. The molecule has 1 unspecified atom stereocenters. The number of halogens is 2. The number of hydrogen-bond donors (Lipinski definition) is 1. The Kier molecular flexibility index (Phi) is 5.30. The molecule has 2 nitrogen and oxygen atoms in total. The summed E-state index contributed by atoms with van der Waals surface area (Å²) in [5, 5.41) is 11.3. The van der Waals surface area contributed by atoms with Gasteiger partial charge in [-0.3, -0.25) is 0 Å². The molecule has 0 bridgehead atoms. The van der Waals surface area contributed by atoms with E-state index in [4.69, 9.17) is 27.9 Å². The molecule has 2 aromatic rings. The molecule has 0 aliphatic heterocycles. The first kappa shape index (κ1) is 15.2. The van der Waals surface area contributed by atoms with Gasteiger partial charge >= 0.3 is 0 Å². The van der Waals surface area contributed by atoms with Crippen molar-refractivity contribution in [1.29, 1.82) is 0 Å². The van der Waals surface area contributed by atoms with Gasteiger partial charge in [0.05, 0.1) is 22.8 Å². The van der Waals surface area contributed by atoms with E-state index in [1.165, 1.54) is 0 Å². The molecule has 0 radical (unpaired) electrons. The number of aliphatic hydroxyl groups excluding tert-OH is 1. The first-order valence-electron chi connectivity index (χ1n) is 6.45. The topological polar surface area (TPSA) is 29.5 Å². The summed E-state index contributed by atoms with van der Waals surface area (Å²) in [6.45, 7) is 2.57. The smallest absolute Gasteiger partial charge is 0.119 e. The van der Waals surface area contributed by atoms with Gasteiger partial charge in [0.25, 0.3) is 0 Å². The Bertz CT molecular complexity index is 567. The van der Waals surface area contributed by atoms with Crippen molar-refractivity contribution in [3.8, 4) is 5.75 Å². The highest BCUT2D eigenvalue weighted by Crippen LogP contribution is 2.26. The van der Waals surface area contributed by atoms with E-state index >= 15 is 0 Å². The van der Waals surface area contributed by atoms with E-state index in [1.54, 1.807) is 12.1 Å². The maximum absolute atomic E-state index is 10.2. The monoisotopic (exact) mass is 310 g/mol. The molecule has 20 heavy (non-hydrogen) atoms. The highest BCUT2D eigenvalue weighted by molar-refractivity contribution is 6.42. The van der Waals surface area contributed by atoms with Crippen LogP contribution in [0.3, 0.4) is 0 Å². The lowest BCUT2D eigenvalue weighted by atomic mass is 10.0. The van der Waals surface area contributed by atoms with Gasteiger partial charge in [0.15, 0.2) is 0 Å². The minimum absolute atomic E-state index is 0.491. The van der Waals surface area contributed by atoms with Gasteiger partial charge in [0.2, 0.25) is 0 Å². The van der Waals surface area contributed by atoms with Crippen LogP contribution in [0.5, 0.6) is 5.75 Å². The Hall–Kier alpha value is -1.22. The molecule has 0 saturated carbocycles. The van der Waals surface area contributed by atoms with Crippen molar-refractivity contribution in [2.45, 2.75) is 19.4 Å². The lowest BCUT2D eigenvalue weighted by Crippen LogP contribution is -2.02. The molecule has 0 fully saturated rings. The zero-order valence-corrected chi connectivity index (χ0v) is 12.7. The van der Waals surface area contributed by atoms with Crippen LogP contribution < -0.4 is 4.74 Å². The van der Waals surface area contributed by atoms with Crippen LogP contribution in [0.4, 0.5) is 0 Å². The SMILES string of the molecule is CCOc1ccc(C(O)Cc2ccc(Cl)c(Cl)c2)cc1. The Morgan fingerprint density at radius 3 is 2.35 bits per heavy atom. The summed E-state index contributed by atoms with van der Waals surface area (Å²) in [7, 11) is 0. The largest absolute Gasteiger partial charge is 0.494 e. The lowest BCUT2D eigenvalue weighted by molar-refractivity contribution is 0.178. The predicted molar refractivity (Wildman–Crippen MR) is 82.7 cm³/mol. The quantitative estimate of drug-likeness (QED) is 0.869. The molecule has 2 rings (SSSR count). The Morgan fingerprint density at radius 1 is 1.05 bits per heavy atom. The summed E-state index contributed by atoms with van der Waals surface area (Å²) in [5.74, 6) is 0.804. The Morgan fingerprint density at radius 2 is 1.75 bits per heavy atom. The molecule has 1 N–H and O–H groups in total. The van der Waals surface area contributed by atoms with E-state index in [0.717, 1.165) is 16.9 Å². The summed E-state index contributed by atoms with van der Waals surface area (Å²) in [6.07, 6.45) is -0.0897. The minimum Gasteiger partial charge on any atom is -0.494 e. The van der Waals surface area contributed by atoms with Gasteiger partial charge in [0, 0.05) is 6.42 Å². The predicted octanol–water partition coefficient (Wildman–Crippen LogP) is 4.67. The molecule has 2 aromatic carbocycles. The summed E-state index contributed by atoms with van der Waals surface area (Å²) in [6, 6.07) is 12.8. The summed E-state index contributed by atoms with van der Waals surface area (Å²) >= 11 is 11.8. The highest BCUT2D eigenvalue weighted by Gasteiger charge is 2.10. The van der Waals surface area contributed by atoms with Crippen molar-refractivity contribution in [3.05, 3.63) is 63.6 Å². The number of ether oxygens (including phenoxy) is 1. The number of rotatable bonds is 5. The minimum atomic E-state index is -0.581. The third-order valence-corrected chi connectivity index (χ3v) is 3.73. The van der Waals surface area contributed by atoms with Crippen LogP contribution >= 0.6 is 23.2 Å². The number of aliphatic hydroxyl groups is 1. The number of benzene rings is 2. The van der Waals surface area contributed by atoms with Gasteiger partial charge in [-0.15, -0.1) is 0 Å². The molecule has 0 aliphatic rings. The molecule has 106 valence electrons. The molecule has 0 spiro atoms. The van der Waals surface area contributed by atoms with Gasteiger partial charge < -0.3 is 9.84 Å². The van der Waals surface area contributed by atoms with Crippen molar-refractivity contribution in [2.75, 3.05) is 6.61 Å². The molecule has 0 aromatic heterocycles. The summed E-state index contributed by atoms with van der Waals surface area (Å²) in [5.41, 5.74) is 1.79. The second kappa shape index (κ2) is 6.98. The normalized spacial score (nSPS) is 12.2. The fraction of sp³-hybridized carbons (Fsp3) is 0.250. The summed E-state index contributed by atoms with van der Waals surface area (Å²) < 4.78 is 5.37. The first-order valence-corrected chi connectivity index (χ1v) is 7.20. The molecule has 0 amide bonds. The van der Waals surface area contributed by atoms with Crippen molar-refractivity contribution >= 4 is 23.2 Å². The second-order valence-electron chi connectivity index (χ2n) is 4.47. The van der Waals surface area contributed by atoms with Crippen LogP contribution in [0.2, 0.25) is 10.0 Å². The lowest BCUT2D eigenvalue weighted by Gasteiger charge is -2.12. The van der Waals surface area contributed by atoms with Crippen molar-refractivity contribution < 1.29 is 9.84 Å². The average molecular weight is 311 g/mol. The van der Waals surface area contributed by atoms with Crippen LogP contribution in [-0.2, 0) is 6.42 Å². The van der Waals surface area contributed by atoms with Gasteiger partial charge in [0.1, 0.15) is 5.75 Å². The molecule has 4 heteroatoms. The molecular weight excluding hydrogens is 295 g/mol. The zero-order valence-electron chi connectivity index (χ0n) is 11.1. The van der Waals surface area contributed by atoms with Crippen molar-refractivity contribution in [2.24, 2.45) is 0 Å². The fourth-order valence-corrected chi connectivity index (χ4v) is 2.28. The van der Waals surface area contributed by atoms with Gasteiger partial charge in [-0.25, -0.2) is 0 Å². The first-order chi connectivity index (χ1) is 9.60. The Balaban J connectivity index is 2.06. The van der Waals surface area contributed by atoms with Crippen molar-refractivity contribution in [1.82, 2.24) is 0 Å². The summed E-state index contributed by atoms with van der Waals surface area (Å²) in [4.78, 5) is 0. The average Bonchev–Trinajstić information content (AvgIpc) is 2.44. The maximum Gasteiger partial charge on any atom is 0.119 e. The Labute approximate surface area is 128 Å². The van der Waals surface area contributed by atoms with E-state index in [0.29, 0.717) is 23.1 Å². The zero-order chi connectivity index (χ0) is 14.5. The molecule has 0 aliphatic carbocycles. The van der Waals surface area contributed by atoms with E-state index in [1.807, 2.05) is 37.3 Å². The van der Waals surface area contributed by atoms with Crippen molar-refractivity contribution in [3.63, 3.8) is 0 Å². The van der Waals surface area contributed by atoms with E-state index < -0.39 is 6.10 Å². The van der Waals surface area contributed by atoms with Crippen LogP contribution in [0.25, 0.3) is 0 Å².